The first-order valence-corrected chi connectivity index (χ1v) is 8.30. The maximum atomic E-state index is 11.4. The van der Waals surface area contributed by atoms with Crippen LogP contribution in [0.15, 0.2) is 53.4 Å². The Balaban J connectivity index is 1.89. The summed E-state index contributed by atoms with van der Waals surface area (Å²) in [6, 6.07) is 11.6. The second-order valence-corrected chi connectivity index (χ2v) is 6.98. The molecule has 2 aromatic rings. The van der Waals surface area contributed by atoms with E-state index in [1.54, 1.807) is 42.5 Å². The maximum Gasteiger partial charge on any atom is 0.175 e. The molecule has 1 atom stereocenters. The topological polar surface area (TPSA) is 63.6 Å². The highest BCUT2D eigenvalue weighted by molar-refractivity contribution is 7.90. The summed E-state index contributed by atoms with van der Waals surface area (Å²) >= 11 is 0. The number of rotatable bonds is 2. The molecule has 2 aromatic carbocycles. The average Bonchev–Trinajstić information content (AvgIpc) is 2.46. The van der Waals surface area contributed by atoms with Gasteiger partial charge in [0.2, 0.25) is 0 Å². The molecule has 1 aliphatic rings. The van der Waals surface area contributed by atoms with Gasteiger partial charge in [-0.3, -0.25) is 0 Å². The summed E-state index contributed by atoms with van der Waals surface area (Å²) in [5, 5.41) is 9.43. The number of fused-ring (bicyclic) bond motifs is 1. The van der Waals surface area contributed by atoms with E-state index in [9.17, 15) is 13.5 Å². The van der Waals surface area contributed by atoms with E-state index in [0.29, 0.717) is 5.75 Å². The van der Waals surface area contributed by atoms with Crippen LogP contribution in [0.5, 0.6) is 11.5 Å². The SMILES string of the molecule is CS(=O)(=O)c1ccc(C2C=Cc3cc(O)ccc3O2)cc1. The Morgan fingerprint density at radius 1 is 1.10 bits per heavy atom. The van der Waals surface area contributed by atoms with Crippen LogP contribution >= 0.6 is 0 Å². The lowest BCUT2D eigenvalue weighted by Gasteiger charge is -2.22. The van der Waals surface area contributed by atoms with E-state index in [-0.39, 0.29) is 16.7 Å². The summed E-state index contributed by atoms with van der Waals surface area (Å²) < 4.78 is 28.7. The smallest absolute Gasteiger partial charge is 0.175 e. The zero-order valence-corrected chi connectivity index (χ0v) is 12.2. The third-order valence-electron chi connectivity index (χ3n) is 3.33. The van der Waals surface area contributed by atoms with Crippen molar-refractivity contribution in [1.82, 2.24) is 0 Å². The summed E-state index contributed by atoms with van der Waals surface area (Å²) in [6.07, 6.45) is 4.67. The zero-order chi connectivity index (χ0) is 15.0. The Hall–Kier alpha value is -2.27. The summed E-state index contributed by atoms with van der Waals surface area (Å²) in [6.45, 7) is 0. The van der Waals surface area contributed by atoms with Gasteiger partial charge in [0.1, 0.15) is 17.6 Å². The fourth-order valence-electron chi connectivity index (χ4n) is 2.22. The molecule has 1 unspecified atom stereocenters. The molecule has 21 heavy (non-hydrogen) atoms. The van der Waals surface area contributed by atoms with Crippen molar-refractivity contribution >= 4 is 15.9 Å². The highest BCUT2D eigenvalue weighted by Crippen LogP contribution is 2.34. The van der Waals surface area contributed by atoms with Crippen molar-refractivity contribution in [3.63, 3.8) is 0 Å². The van der Waals surface area contributed by atoms with E-state index in [2.05, 4.69) is 0 Å². The van der Waals surface area contributed by atoms with E-state index in [1.165, 1.54) is 6.26 Å². The highest BCUT2D eigenvalue weighted by Gasteiger charge is 2.17. The number of benzene rings is 2. The first-order valence-electron chi connectivity index (χ1n) is 6.41. The van der Waals surface area contributed by atoms with Gasteiger partial charge in [-0.05, 0) is 42.0 Å². The van der Waals surface area contributed by atoms with Gasteiger partial charge >= 0.3 is 0 Å². The molecule has 108 valence electrons. The van der Waals surface area contributed by atoms with Gasteiger partial charge in [-0.2, -0.15) is 0 Å². The van der Waals surface area contributed by atoms with Gasteiger partial charge in [0, 0.05) is 11.8 Å². The first-order chi connectivity index (χ1) is 9.93. The molecule has 5 heteroatoms. The van der Waals surface area contributed by atoms with Crippen LogP contribution in [0.3, 0.4) is 0 Å². The Morgan fingerprint density at radius 3 is 2.48 bits per heavy atom. The predicted molar refractivity (Wildman–Crippen MR) is 80.1 cm³/mol. The molecular weight excluding hydrogens is 288 g/mol. The van der Waals surface area contributed by atoms with E-state index >= 15 is 0 Å². The monoisotopic (exact) mass is 302 g/mol. The minimum absolute atomic E-state index is 0.193. The number of phenolic OH excluding ortho intramolecular Hbond substituents is 1. The van der Waals surface area contributed by atoms with Crippen molar-refractivity contribution in [3.05, 3.63) is 59.7 Å². The maximum absolute atomic E-state index is 11.4. The predicted octanol–water partition coefficient (Wildman–Crippen LogP) is 2.94. The molecule has 4 nitrogen and oxygen atoms in total. The quantitative estimate of drug-likeness (QED) is 0.926. The lowest BCUT2D eigenvalue weighted by atomic mass is 10.0. The Labute approximate surface area is 123 Å². The average molecular weight is 302 g/mol. The molecule has 3 rings (SSSR count). The molecule has 0 aromatic heterocycles. The van der Waals surface area contributed by atoms with Crippen LogP contribution in [0.2, 0.25) is 0 Å². The number of ether oxygens (including phenoxy) is 1. The molecule has 0 spiro atoms. The normalized spacial score (nSPS) is 17.1. The molecule has 0 amide bonds. The highest BCUT2D eigenvalue weighted by atomic mass is 32.2. The first kappa shape index (κ1) is 13.7. The molecule has 0 fully saturated rings. The Morgan fingerprint density at radius 2 is 1.81 bits per heavy atom. The van der Waals surface area contributed by atoms with Crippen LogP contribution in [0, 0.1) is 0 Å². The molecule has 1 aliphatic heterocycles. The fourth-order valence-corrected chi connectivity index (χ4v) is 2.85. The third-order valence-corrected chi connectivity index (χ3v) is 4.46. The Kier molecular flexibility index (Phi) is 3.22. The second-order valence-electron chi connectivity index (χ2n) is 4.96. The summed E-state index contributed by atoms with van der Waals surface area (Å²) in [7, 11) is -3.19. The van der Waals surface area contributed by atoms with Gasteiger partial charge in [0.05, 0.1) is 4.90 Å². The van der Waals surface area contributed by atoms with Crippen LogP contribution in [0.4, 0.5) is 0 Å². The van der Waals surface area contributed by atoms with E-state index in [1.807, 2.05) is 12.2 Å². The van der Waals surface area contributed by atoms with Gasteiger partial charge in [0.25, 0.3) is 0 Å². The summed E-state index contributed by atoms with van der Waals surface area (Å²) in [5.41, 5.74) is 1.69. The molecule has 1 N–H and O–H groups in total. The van der Waals surface area contributed by atoms with Crippen molar-refractivity contribution < 1.29 is 18.3 Å². The largest absolute Gasteiger partial charge is 0.508 e. The minimum Gasteiger partial charge on any atom is -0.508 e. The molecule has 0 radical (unpaired) electrons. The van der Waals surface area contributed by atoms with Crippen LogP contribution < -0.4 is 4.74 Å². The molecule has 0 bridgehead atoms. The zero-order valence-electron chi connectivity index (χ0n) is 11.4. The second kappa shape index (κ2) is 4.93. The van der Waals surface area contributed by atoms with Crippen molar-refractivity contribution in [2.24, 2.45) is 0 Å². The lowest BCUT2D eigenvalue weighted by Crippen LogP contribution is -2.09. The summed E-state index contributed by atoms with van der Waals surface area (Å²) in [4.78, 5) is 0.288. The standard InChI is InChI=1S/C16H14O4S/c1-21(18,19)14-6-2-11(3-7-14)15-8-4-12-10-13(17)5-9-16(12)20-15/h2-10,15,17H,1H3. The molecule has 1 heterocycles. The van der Waals surface area contributed by atoms with Crippen molar-refractivity contribution in [3.8, 4) is 11.5 Å². The third kappa shape index (κ3) is 2.78. The molecular formula is C16H14O4S. The van der Waals surface area contributed by atoms with Crippen molar-refractivity contribution in [2.45, 2.75) is 11.0 Å². The van der Waals surface area contributed by atoms with Gasteiger partial charge in [0.15, 0.2) is 9.84 Å². The van der Waals surface area contributed by atoms with Gasteiger partial charge in [-0.1, -0.05) is 18.2 Å². The number of aromatic hydroxyl groups is 1. The number of hydrogen-bond acceptors (Lipinski definition) is 4. The van der Waals surface area contributed by atoms with Gasteiger partial charge in [-0.25, -0.2) is 8.42 Å². The van der Waals surface area contributed by atoms with E-state index in [0.717, 1.165) is 11.1 Å². The van der Waals surface area contributed by atoms with Gasteiger partial charge < -0.3 is 9.84 Å². The van der Waals surface area contributed by atoms with E-state index < -0.39 is 9.84 Å². The van der Waals surface area contributed by atoms with Crippen LogP contribution in [-0.2, 0) is 9.84 Å². The van der Waals surface area contributed by atoms with Crippen LogP contribution in [0.1, 0.15) is 17.2 Å². The molecule has 0 saturated heterocycles. The lowest BCUT2D eigenvalue weighted by molar-refractivity contribution is 0.251. The van der Waals surface area contributed by atoms with E-state index in [4.69, 9.17) is 4.74 Å². The summed E-state index contributed by atoms with van der Waals surface area (Å²) in [5.74, 6) is 0.880. The molecule has 0 aliphatic carbocycles. The van der Waals surface area contributed by atoms with Crippen molar-refractivity contribution in [2.75, 3.05) is 6.26 Å². The van der Waals surface area contributed by atoms with Crippen molar-refractivity contribution in [1.29, 1.82) is 0 Å². The van der Waals surface area contributed by atoms with Crippen LogP contribution in [-0.4, -0.2) is 19.8 Å². The fraction of sp³-hybridized carbons (Fsp3) is 0.125. The Bertz CT molecular complexity index is 805. The number of sulfone groups is 1. The molecule has 0 saturated carbocycles. The minimum atomic E-state index is -3.19. The number of hydrogen-bond donors (Lipinski definition) is 1. The van der Waals surface area contributed by atoms with Crippen LogP contribution in [0.25, 0.3) is 6.08 Å². The van der Waals surface area contributed by atoms with Gasteiger partial charge in [-0.15, -0.1) is 0 Å². The number of phenols is 1.